The van der Waals surface area contributed by atoms with Crippen LogP contribution in [0.5, 0.6) is 11.5 Å². The SMILES string of the molecule is CC(C)COc1ccc(C(=O)Oc2ccc(C(=O)O)cc2Br)cc1. The quantitative estimate of drug-likeness (QED) is 0.582. The number of rotatable bonds is 6. The molecule has 0 saturated heterocycles. The van der Waals surface area contributed by atoms with E-state index in [0.717, 1.165) is 0 Å². The van der Waals surface area contributed by atoms with Crippen molar-refractivity contribution in [2.45, 2.75) is 13.8 Å². The molecule has 1 N–H and O–H groups in total. The standard InChI is InChI=1S/C18H17BrO5/c1-11(2)10-23-14-6-3-12(4-7-14)18(22)24-16-8-5-13(17(20)21)9-15(16)19/h3-9,11H,10H2,1-2H3,(H,20,21). The van der Waals surface area contributed by atoms with Gasteiger partial charge in [-0.05, 0) is 64.3 Å². The van der Waals surface area contributed by atoms with Crippen molar-refractivity contribution in [2.75, 3.05) is 6.61 Å². The van der Waals surface area contributed by atoms with Crippen LogP contribution in [-0.2, 0) is 0 Å². The molecule has 0 heterocycles. The molecule has 0 bridgehead atoms. The Kier molecular flexibility index (Phi) is 5.98. The van der Waals surface area contributed by atoms with Crippen molar-refractivity contribution >= 4 is 27.9 Å². The third-order valence-corrected chi connectivity index (χ3v) is 3.67. The van der Waals surface area contributed by atoms with Crippen LogP contribution in [0, 0.1) is 5.92 Å². The molecule has 0 saturated carbocycles. The Morgan fingerprint density at radius 3 is 2.25 bits per heavy atom. The lowest BCUT2D eigenvalue weighted by Gasteiger charge is -2.10. The molecule has 2 aromatic carbocycles. The second-order valence-corrected chi connectivity index (χ2v) is 6.42. The van der Waals surface area contributed by atoms with Crippen molar-refractivity contribution in [3.8, 4) is 11.5 Å². The van der Waals surface area contributed by atoms with Gasteiger partial charge in [0.25, 0.3) is 0 Å². The predicted octanol–water partition coefficient (Wildman–Crippen LogP) is 4.40. The average Bonchev–Trinajstić information content (AvgIpc) is 2.55. The first-order chi connectivity index (χ1) is 11.4. The number of esters is 1. The summed E-state index contributed by atoms with van der Waals surface area (Å²) in [5, 5.41) is 8.92. The minimum absolute atomic E-state index is 0.105. The normalized spacial score (nSPS) is 10.5. The molecule has 0 radical (unpaired) electrons. The molecular weight excluding hydrogens is 376 g/mol. The van der Waals surface area contributed by atoms with E-state index in [1.165, 1.54) is 18.2 Å². The van der Waals surface area contributed by atoms with Gasteiger partial charge in [-0.1, -0.05) is 13.8 Å². The lowest BCUT2D eigenvalue weighted by molar-refractivity contribution is 0.0696. The van der Waals surface area contributed by atoms with Gasteiger partial charge in [0.15, 0.2) is 0 Å². The molecule has 126 valence electrons. The van der Waals surface area contributed by atoms with Gasteiger partial charge in [-0.15, -0.1) is 0 Å². The molecule has 0 amide bonds. The van der Waals surface area contributed by atoms with E-state index in [2.05, 4.69) is 29.8 Å². The lowest BCUT2D eigenvalue weighted by Crippen LogP contribution is -2.09. The summed E-state index contributed by atoms with van der Waals surface area (Å²) in [5.41, 5.74) is 0.481. The highest BCUT2D eigenvalue weighted by atomic mass is 79.9. The third-order valence-electron chi connectivity index (χ3n) is 3.05. The summed E-state index contributed by atoms with van der Waals surface area (Å²) < 4.78 is 11.2. The van der Waals surface area contributed by atoms with Crippen molar-refractivity contribution < 1.29 is 24.2 Å². The Morgan fingerprint density at radius 1 is 1.08 bits per heavy atom. The second-order valence-electron chi connectivity index (χ2n) is 5.57. The summed E-state index contributed by atoms with van der Waals surface area (Å²) in [6.45, 7) is 4.71. The number of aromatic carboxylic acids is 1. The van der Waals surface area contributed by atoms with E-state index in [-0.39, 0.29) is 11.3 Å². The Bertz CT molecular complexity index is 738. The van der Waals surface area contributed by atoms with Gasteiger partial charge in [0.2, 0.25) is 0 Å². The third kappa shape index (κ3) is 4.83. The maximum Gasteiger partial charge on any atom is 0.343 e. The summed E-state index contributed by atoms with van der Waals surface area (Å²) in [6, 6.07) is 10.9. The number of ether oxygens (including phenoxy) is 2. The number of carbonyl (C=O) groups is 2. The maximum absolute atomic E-state index is 12.2. The Labute approximate surface area is 148 Å². The summed E-state index contributed by atoms with van der Waals surface area (Å²) in [6.07, 6.45) is 0. The van der Waals surface area contributed by atoms with E-state index in [1.807, 2.05) is 0 Å². The fraction of sp³-hybridized carbons (Fsp3) is 0.222. The van der Waals surface area contributed by atoms with E-state index < -0.39 is 11.9 Å². The number of hydrogen-bond donors (Lipinski definition) is 1. The van der Waals surface area contributed by atoms with E-state index in [4.69, 9.17) is 14.6 Å². The molecule has 0 unspecified atom stereocenters. The van der Waals surface area contributed by atoms with Crippen LogP contribution in [0.4, 0.5) is 0 Å². The molecule has 2 rings (SSSR count). The summed E-state index contributed by atoms with van der Waals surface area (Å²) in [7, 11) is 0. The van der Waals surface area contributed by atoms with Gasteiger partial charge in [-0.25, -0.2) is 9.59 Å². The zero-order chi connectivity index (χ0) is 17.7. The van der Waals surface area contributed by atoms with Gasteiger partial charge >= 0.3 is 11.9 Å². The van der Waals surface area contributed by atoms with Crippen molar-refractivity contribution in [2.24, 2.45) is 5.92 Å². The summed E-state index contributed by atoms with van der Waals surface area (Å²) >= 11 is 3.20. The average molecular weight is 393 g/mol. The van der Waals surface area contributed by atoms with Gasteiger partial charge in [0, 0.05) is 0 Å². The van der Waals surface area contributed by atoms with Crippen LogP contribution in [0.15, 0.2) is 46.9 Å². The number of carboxylic acid groups (broad SMARTS) is 1. The minimum Gasteiger partial charge on any atom is -0.493 e. The molecule has 0 aliphatic heterocycles. The van der Waals surface area contributed by atoms with Gasteiger partial charge < -0.3 is 14.6 Å². The van der Waals surface area contributed by atoms with Crippen molar-refractivity contribution in [1.29, 1.82) is 0 Å². The van der Waals surface area contributed by atoms with Crippen molar-refractivity contribution in [1.82, 2.24) is 0 Å². The largest absolute Gasteiger partial charge is 0.493 e. The van der Waals surface area contributed by atoms with Crippen LogP contribution in [-0.4, -0.2) is 23.7 Å². The molecule has 2 aromatic rings. The molecule has 0 spiro atoms. The van der Waals surface area contributed by atoms with Crippen LogP contribution >= 0.6 is 15.9 Å². The maximum atomic E-state index is 12.2. The number of carbonyl (C=O) groups excluding carboxylic acids is 1. The Balaban J connectivity index is 2.05. The highest BCUT2D eigenvalue weighted by Gasteiger charge is 2.13. The van der Waals surface area contributed by atoms with Crippen molar-refractivity contribution in [3.63, 3.8) is 0 Å². The first-order valence-corrected chi connectivity index (χ1v) is 8.14. The van der Waals surface area contributed by atoms with Gasteiger partial charge in [0.1, 0.15) is 11.5 Å². The Morgan fingerprint density at radius 2 is 1.71 bits per heavy atom. The zero-order valence-corrected chi connectivity index (χ0v) is 14.9. The molecule has 6 heteroatoms. The molecule has 0 aliphatic carbocycles. The summed E-state index contributed by atoms with van der Waals surface area (Å²) in [4.78, 5) is 23.1. The number of hydrogen-bond acceptors (Lipinski definition) is 4. The van der Waals surface area contributed by atoms with Crippen LogP contribution in [0.2, 0.25) is 0 Å². The van der Waals surface area contributed by atoms with Gasteiger partial charge in [0.05, 0.1) is 22.2 Å². The predicted molar refractivity (Wildman–Crippen MR) is 92.8 cm³/mol. The van der Waals surface area contributed by atoms with Crippen LogP contribution < -0.4 is 9.47 Å². The fourth-order valence-electron chi connectivity index (χ4n) is 1.83. The van der Waals surface area contributed by atoms with Gasteiger partial charge in [-0.2, -0.15) is 0 Å². The van der Waals surface area contributed by atoms with E-state index >= 15 is 0 Å². The molecular formula is C18H17BrO5. The minimum atomic E-state index is -1.05. The molecule has 0 fully saturated rings. The fourth-order valence-corrected chi connectivity index (χ4v) is 2.29. The highest BCUT2D eigenvalue weighted by molar-refractivity contribution is 9.10. The second kappa shape index (κ2) is 7.97. The first kappa shape index (κ1) is 18.0. The molecule has 0 atom stereocenters. The monoisotopic (exact) mass is 392 g/mol. The topological polar surface area (TPSA) is 72.8 Å². The van der Waals surface area contributed by atoms with Crippen molar-refractivity contribution in [3.05, 3.63) is 58.1 Å². The number of benzene rings is 2. The van der Waals surface area contributed by atoms with Crippen LogP contribution in [0.1, 0.15) is 34.6 Å². The molecule has 0 aromatic heterocycles. The smallest absolute Gasteiger partial charge is 0.343 e. The summed E-state index contributed by atoms with van der Waals surface area (Å²) in [5.74, 6) is -0.224. The van der Waals surface area contributed by atoms with Gasteiger partial charge in [-0.3, -0.25) is 0 Å². The number of halogens is 1. The molecule has 24 heavy (non-hydrogen) atoms. The van der Waals surface area contributed by atoms with Crippen LogP contribution in [0.3, 0.4) is 0 Å². The van der Waals surface area contributed by atoms with E-state index in [9.17, 15) is 9.59 Å². The lowest BCUT2D eigenvalue weighted by atomic mass is 10.2. The van der Waals surface area contributed by atoms with Crippen LogP contribution in [0.25, 0.3) is 0 Å². The van der Waals surface area contributed by atoms with E-state index in [1.54, 1.807) is 24.3 Å². The Hall–Kier alpha value is -2.34. The highest BCUT2D eigenvalue weighted by Crippen LogP contribution is 2.27. The van der Waals surface area contributed by atoms with E-state index in [0.29, 0.717) is 28.3 Å². The first-order valence-electron chi connectivity index (χ1n) is 7.34. The number of carboxylic acids is 1. The zero-order valence-electron chi connectivity index (χ0n) is 13.3. The molecule has 0 aliphatic rings. The molecule has 5 nitrogen and oxygen atoms in total.